The molecule has 1 N–H and O–H groups in total. The number of thioether (sulfide) groups is 1. The van der Waals surface area contributed by atoms with Gasteiger partial charge < -0.3 is 19.7 Å². The number of rotatable bonds is 16. The Morgan fingerprint density at radius 3 is 2.41 bits per heavy atom. The van der Waals surface area contributed by atoms with Gasteiger partial charge in [-0.3, -0.25) is 4.79 Å². The fourth-order valence-electron chi connectivity index (χ4n) is 4.64. The number of carbonyl (C=O) groups excluding carboxylic acids is 1. The van der Waals surface area contributed by atoms with Crippen LogP contribution in [0.3, 0.4) is 0 Å². The summed E-state index contributed by atoms with van der Waals surface area (Å²) in [6.45, 7) is 12.4. The maximum atomic E-state index is 12.7. The number of hydrogen-bond acceptors (Lipinski definition) is 5. The highest BCUT2D eigenvalue weighted by atomic mass is 32.2. The standard InChI is InChI=1S/C33H48N2O3S/c1-6-7-8-9-10-11-12-13-19-37-31-18-17-29(21-30(31)33(3,4)5)38-23-32(36)34-28-16-14-15-27(20-28)22-35-25-39-24-26(35)2/h14-18,20-21,24H,6-13,19,22-23,25H2,1-5H3,(H,34,36). The van der Waals surface area contributed by atoms with Crippen molar-refractivity contribution in [2.75, 3.05) is 24.4 Å². The number of nitrogens with zero attached hydrogens (tertiary/aromatic N) is 1. The fourth-order valence-corrected chi connectivity index (χ4v) is 5.58. The molecule has 1 aliphatic heterocycles. The second-order valence-corrected chi connectivity index (χ2v) is 12.3. The van der Waals surface area contributed by atoms with E-state index in [1.165, 1.54) is 56.2 Å². The van der Waals surface area contributed by atoms with Crippen molar-refractivity contribution >= 4 is 23.4 Å². The molecule has 1 aliphatic rings. The molecule has 0 aliphatic carbocycles. The Morgan fingerprint density at radius 2 is 1.72 bits per heavy atom. The van der Waals surface area contributed by atoms with Crippen molar-refractivity contribution in [2.45, 2.75) is 97.9 Å². The van der Waals surface area contributed by atoms with E-state index in [1.54, 1.807) is 0 Å². The van der Waals surface area contributed by atoms with Crippen molar-refractivity contribution in [3.63, 3.8) is 0 Å². The third kappa shape index (κ3) is 10.8. The summed E-state index contributed by atoms with van der Waals surface area (Å²) >= 11 is 1.81. The first-order valence-electron chi connectivity index (χ1n) is 14.6. The normalized spacial score (nSPS) is 13.4. The Hall–Kier alpha value is -2.60. The number of carbonyl (C=O) groups is 1. The van der Waals surface area contributed by atoms with E-state index in [1.807, 2.05) is 48.2 Å². The zero-order valence-electron chi connectivity index (χ0n) is 24.7. The van der Waals surface area contributed by atoms with Gasteiger partial charge in [-0.2, -0.15) is 0 Å². The molecule has 5 nitrogen and oxygen atoms in total. The Labute approximate surface area is 240 Å². The van der Waals surface area contributed by atoms with E-state index in [2.05, 4.69) is 56.3 Å². The molecule has 2 aromatic rings. The number of unbranched alkanes of at least 4 members (excludes halogenated alkanes) is 7. The Balaban J connectivity index is 1.47. The largest absolute Gasteiger partial charge is 0.493 e. The quantitative estimate of drug-likeness (QED) is 0.211. The van der Waals surface area contributed by atoms with Crippen LogP contribution in [0.1, 0.15) is 97.1 Å². The van der Waals surface area contributed by atoms with E-state index >= 15 is 0 Å². The lowest BCUT2D eigenvalue weighted by Gasteiger charge is -2.24. The van der Waals surface area contributed by atoms with Gasteiger partial charge in [-0.1, -0.05) is 84.8 Å². The van der Waals surface area contributed by atoms with Crippen molar-refractivity contribution in [1.82, 2.24) is 4.90 Å². The average molecular weight is 553 g/mol. The van der Waals surface area contributed by atoms with Gasteiger partial charge in [0.1, 0.15) is 11.5 Å². The molecule has 6 heteroatoms. The molecule has 0 bridgehead atoms. The smallest absolute Gasteiger partial charge is 0.262 e. The van der Waals surface area contributed by atoms with Gasteiger partial charge in [0, 0.05) is 23.5 Å². The van der Waals surface area contributed by atoms with Crippen LogP contribution in [-0.4, -0.2) is 29.9 Å². The Kier molecular flexibility index (Phi) is 12.6. The van der Waals surface area contributed by atoms with Crippen LogP contribution in [0.4, 0.5) is 5.69 Å². The van der Waals surface area contributed by atoms with Gasteiger partial charge in [0.15, 0.2) is 6.61 Å². The summed E-state index contributed by atoms with van der Waals surface area (Å²) in [5.74, 6) is 2.38. The predicted molar refractivity (Wildman–Crippen MR) is 166 cm³/mol. The van der Waals surface area contributed by atoms with Gasteiger partial charge in [0.05, 0.1) is 12.5 Å². The summed E-state index contributed by atoms with van der Waals surface area (Å²) in [5.41, 5.74) is 4.23. The summed E-state index contributed by atoms with van der Waals surface area (Å²) < 4.78 is 12.1. The van der Waals surface area contributed by atoms with Crippen LogP contribution in [-0.2, 0) is 16.8 Å². The topological polar surface area (TPSA) is 50.8 Å². The van der Waals surface area contributed by atoms with Crippen LogP contribution >= 0.6 is 11.8 Å². The minimum absolute atomic E-state index is 0.0448. The molecule has 0 saturated heterocycles. The summed E-state index contributed by atoms with van der Waals surface area (Å²) in [6.07, 6.45) is 10.3. The minimum Gasteiger partial charge on any atom is -0.493 e. The van der Waals surface area contributed by atoms with Gasteiger partial charge in [0.25, 0.3) is 5.91 Å². The molecule has 214 valence electrons. The van der Waals surface area contributed by atoms with Gasteiger partial charge in [-0.25, -0.2) is 0 Å². The number of amides is 1. The lowest BCUT2D eigenvalue weighted by Crippen LogP contribution is -2.21. The number of allylic oxidation sites excluding steroid dienone is 1. The van der Waals surface area contributed by atoms with Crippen LogP contribution in [0.15, 0.2) is 53.6 Å². The molecule has 0 unspecified atom stereocenters. The molecule has 3 rings (SSSR count). The molecule has 0 radical (unpaired) electrons. The van der Waals surface area contributed by atoms with Crippen LogP contribution in [0.25, 0.3) is 0 Å². The molecule has 1 heterocycles. The van der Waals surface area contributed by atoms with Crippen molar-refractivity contribution in [3.8, 4) is 11.5 Å². The lowest BCUT2D eigenvalue weighted by atomic mass is 9.86. The lowest BCUT2D eigenvalue weighted by molar-refractivity contribution is -0.118. The highest BCUT2D eigenvalue weighted by Gasteiger charge is 2.20. The van der Waals surface area contributed by atoms with E-state index in [-0.39, 0.29) is 17.9 Å². The highest BCUT2D eigenvalue weighted by molar-refractivity contribution is 8.02. The number of hydrogen-bond donors (Lipinski definition) is 1. The third-order valence-corrected chi connectivity index (χ3v) is 7.92. The fraction of sp³-hybridized carbons (Fsp3) is 0.545. The van der Waals surface area contributed by atoms with Crippen molar-refractivity contribution in [2.24, 2.45) is 0 Å². The van der Waals surface area contributed by atoms with Crippen LogP contribution in [0, 0.1) is 0 Å². The molecule has 0 saturated carbocycles. The number of benzene rings is 2. The maximum absolute atomic E-state index is 12.7. The molecule has 39 heavy (non-hydrogen) atoms. The van der Waals surface area contributed by atoms with E-state index in [9.17, 15) is 4.79 Å². The SMILES string of the molecule is CCCCCCCCCCOc1ccc(OCC(=O)Nc2cccc(CN3CSC=C3C)c2)cc1C(C)(C)C. The second-order valence-electron chi connectivity index (χ2n) is 11.5. The zero-order chi connectivity index (χ0) is 28.1. The highest BCUT2D eigenvalue weighted by Crippen LogP contribution is 2.34. The maximum Gasteiger partial charge on any atom is 0.262 e. The monoisotopic (exact) mass is 552 g/mol. The Morgan fingerprint density at radius 1 is 0.974 bits per heavy atom. The van der Waals surface area contributed by atoms with Crippen molar-refractivity contribution in [1.29, 1.82) is 0 Å². The number of anilines is 1. The predicted octanol–water partition coefficient (Wildman–Crippen LogP) is 8.89. The van der Waals surface area contributed by atoms with Crippen LogP contribution in [0.2, 0.25) is 0 Å². The first-order chi connectivity index (χ1) is 18.8. The van der Waals surface area contributed by atoms with Crippen LogP contribution in [0.5, 0.6) is 11.5 Å². The number of nitrogens with one attached hydrogen (secondary N) is 1. The van der Waals surface area contributed by atoms with Crippen molar-refractivity contribution < 1.29 is 14.3 Å². The molecule has 0 spiro atoms. The molecule has 0 fully saturated rings. The van der Waals surface area contributed by atoms with Gasteiger partial charge in [-0.15, -0.1) is 11.8 Å². The van der Waals surface area contributed by atoms with E-state index in [4.69, 9.17) is 9.47 Å². The van der Waals surface area contributed by atoms with E-state index in [0.717, 1.165) is 42.4 Å². The molecule has 1 amide bonds. The van der Waals surface area contributed by atoms with Crippen LogP contribution < -0.4 is 14.8 Å². The first-order valence-corrected chi connectivity index (χ1v) is 15.6. The van der Waals surface area contributed by atoms with Gasteiger partial charge >= 0.3 is 0 Å². The molecule has 0 aromatic heterocycles. The van der Waals surface area contributed by atoms with E-state index < -0.39 is 0 Å². The molecule has 2 aromatic carbocycles. The Bertz CT molecular complexity index is 1080. The summed E-state index contributed by atoms with van der Waals surface area (Å²) in [7, 11) is 0. The van der Waals surface area contributed by atoms with Gasteiger partial charge in [-0.05, 0) is 60.1 Å². The first kappa shape index (κ1) is 30.9. The van der Waals surface area contributed by atoms with Gasteiger partial charge in [0.2, 0.25) is 0 Å². The zero-order valence-corrected chi connectivity index (χ0v) is 25.5. The number of ether oxygens (including phenoxy) is 2. The average Bonchev–Trinajstić information content (AvgIpc) is 3.30. The molecular formula is C33H48N2O3S. The molecular weight excluding hydrogens is 504 g/mol. The summed E-state index contributed by atoms with van der Waals surface area (Å²) in [4.78, 5) is 15.0. The minimum atomic E-state index is -0.174. The summed E-state index contributed by atoms with van der Waals surface area (Å²) in [5, 5.41) is 5.16. The van der Waals surface area contributed by atoms with Crippen molar-refractivity contribution in [3.05, 3.63) is 64.7 Å². The van der Waals surface area contributed by atoms with E-state index in [0.29, 0.717) is 5.75 Å². The molecule has 0 atom stereocenters. The third-order valence-electron chi connectivity index (χ3n) is 6.95. The second kappa shape index (κ2) is 15.9. The summed E-state index contributed by atoms with van der Waals surface area (Å²) in [6, 6.07) is 13.9.